The van der Waals surface area contributed by atoms with Crippen LogP contribution in [0.15, 0.2) is 141 Å². The van der Waals surface area contributed by atoms with Crippen LogP contribution in [0.2, 0.25) is 0 Å². The lowest BCUT2D eigenvalue weighted by Gasteiger charge is -2.11. The summed E-state index contributed by atoms with van der Waals surface area (Å²) in [5, 5.41) is 10.1. The van der Waals surface area contributed by atoms with E-state index < -0.39 is 0 Å². The van der Waals surface area contributed by atoms with Crippen molar-refractivity contribution in [2.75, 3.05) is 0 Å². The molecule has 6 heteroatoms. The zero-order valence-corrected chi connectivity index (χ0v) is 26.2. The number of para-hydroxylation sites is 2. The second kappa shape index (κ2) is 8.56. The van der Waals surface area contributed by atoms with Gasteiger partial charge in [-0.15, -0.1) is 0 Å². The molecule has 1 aliphatic carbocycles. The summed E-state index contributed by atoms with van der Waals surface area (Å²) in [7, 11) is 0. The van der Waals surface area contributed by atoms with E-state index in [0.717, 1.165) is 88.0 Å². The maximum atomic E-state index is 6.56. The molecule has 1 aliphatic rings. The number of aromatic nitrogens is 3. The largest absolute Gasteiger partial charge is 0.456 e. The normalized spacial score (nSPS) is 12.8. The number of nitrogens with zero attached hydrogens (tertiary/aromatic N) is 3. The minimum Gasteiger partial charge on any atom is -0.456 e. The van der Waals surface area contributed by atoms with Gasteiger partial charge in [-0.1, -0.05) is 66.7 Å². The molecule has 6 nitrogen and oxygen atoms in total. The molecule has 5 aromatic heterocycles. The number of fused-ring (bicyclic) bond motifs is 7. The summed E-state index contributed by atoms with van der Waals surface area (Å²) in [6.07, 6.45) is 0. The minimum absolute atomic E-state index is 0.584. The highest BCUT2D eigenvalue weighted by molar-refractivity contribution is 6.38. The Morgan fingerprint density at radius 2 is 1.10 bits per heavy atom. The van der Waals surface area contributed by atoms with Crippen molar-refractivity contribution >= 4 is 98.5 Å². The Morgan fingerprint density at radius 1 is 0.440 bits per heavy atom. The topological polar surface area (TPSA) is 70.1 Å². The summed E-state index contributed by atoms with van der Waals surface area (Å²) in [5.41, 5.74) is 11.8. The van der Waals surface area contributed by atoms with Gasteiger partial charge in [0, 0.05) is 43.3 Å². The first-order valence-corrected chi connectivity index (χ1v) is 16.7. The fourth-order valence-corrected chi connectivity index (χ4v) is 8.69. The molecule has 0 saturated heterocycles. The first-order chi connectivity index (χ1) is 24.8. The van der Waals surface area contributed by atoms with Crippen LogP contribution in [0, 0.1) is 0 Å². The van der Waals surface area contributed by atoms with Gasteiger partial charge in [0.25, 0.3) is 0 Å². The van der Waals surface area contributed by atoms with Crippen molar-refractivity contribution in [2.45, 2.75) is 0 Å². The van der Waals surface area contributed by atoms with Crippen LogP contribution in [0.4, 0.5) is 0 Å². The van der Waals surface area contributed by atoms with E-state index >= 15 is 0 Å². The number of hydrogen-bond donors (Lipinski definition) is 0. The van der Waals surface area contributed by atoms with E-state index in [1.54, 1.807) is 0 Å². The molecule has 0 atom stereocenters. The first kappa shape index (κ1) is 25.1. The van der Waals surface area contributed by atoms with E-state index in [-0.39, 0.29) is 0 Å². The Bertz CT molecular complexity index is 3500. The van der Waals surface area contributed by atoms with Crippen LogP contribution in [0.25, 0.3) is 127 Å². The van der Waals surface area contributed by atoms with Crippen LogP contribution >= 0.6 is 0 Å². The average molecular weight is 640 g/mol. The maximum Gasteiger partial charge on any atom is 0.236 e. The van der Waals surface area contributed by atoms with E-state index in [1.807, 2.05) is 42.5 Å². The Hall–Kier alpha value is -6.92. The maximum absolute atomic E-state index is 6.56. The van der Waals surface area contributed by atoms with Gasteiger partial charge in [-0.05, 0) is 82.6 Å². The summed E-state index contributed by atoms with van der Waals surface area (Å²) < 4.78 is 21.5. The molecule has 230 valence electrons. The standard InChI is InChI=1S/C44H21N3O3/c1-3-12-31-24(8-1)28-21-23(16-19-33(28)48-31)41-43-42(27-9-2-4-13-32(27)50-43)46-44(45-41)47-29-17-15-22-7-5-10-25-26-11-6-14-34-37(26)40-35(49-34)20-18-30(47)39(40)38(29)36(22)25/h1-21H. The highest BCUT2D eigenvalue weighted by Gasteiger charge is 2.28. The van der Waals surface area contributed by atoms with Gasteiger partial charge in [0.05, 0.1) is 11.0 Å². The van der Waals surface area contributed by atoms with Gasteiger partial charge in [0.15, 0.2) is 5.58 Å². The van der Waals surface area contributed by atoms with Gasteiger partial charge in [-0.25, -0.2) is 9.97 Å². The van der Waals surface area contributed by atoms with E-state index in [2.05, 4.69) is 89.5 Å². The fourth-order valence-electron chi connectivity index (χ4n) is 8.69. The third-order valence-corrected chi connectivity index (χ3v) is 10.7. The van der Waals surface area contributed by atoms with Gasteiger partial charge in [-0.2, -0.15) is 0 Å². The molecule has 0 N–H and O–H groups in total. The Balaban J connectivity index is 1.21. The predicted octanol–water partition coefficient (Wildman–Crippen LogP) is 12.1. The third-order valence-electron chi connectivity index (χ3n) is 10.7. The SMILES string of the molecule is c1cc2c3c(c1)ccc1c3c3c4c(ccc3n1-c1nc(-c3ccc5oc6ccccc6c5c3)c3oc5ccccc5c3n1)oc1cccc-2c14. The van der Waals surface area contributed by atoms with Crippen molar-refractivity contribution in [3.8, 4) is 28.3 Å². The molecule has 0 saturated carbocycles. The molecule has 0 radical (unpaired) electrons. The van der Waals surface area contributed by atoms with Gasteiger partial charge in [0.1, 0.15) is 39.1 Å². The lowest BCUT2D eigenvalue weighted by atomic mass is 9.95. The Labute approximate surface area is 281 Å². The molecule has 0 spiro atoms. The van der Waals surface area contributed by atoms with Crippen molar-refractivity contribution in [1.29, 1.82) is 0 Å². The van der Waals surface area contributed by atoms with Crippen molar-refractivity contribution in [1.82, 2.24) is 14.5 Å². The summed E-state index contributed by atoms with van der Waals surface area (Å²) >= 11 is 0. The average Bonchev–Trinajstić information content (AvgIpc) is 3.90. The highest BCUT2D eigenvalue weighted by atomic mass is 16.3. The summed E-state index contributed by atoms with van der Waals surface area (Å²) in [6, 6.07) is 44.1. The summed E-state index contributed by atoms with van der Waals surface area (Å²) in [5.74, 6) is 0.584. The fraction of sp³-hybridized carbons (Fsp3) is 0. The van der Waals surface area contributed by atoms with Crippen molar-refractivity contribution in [2.24, 2.45) is 0 Å². The minimum atomic E-state index is 0.584. The second-order valence-electron chi connectivity index (χ2n) is 13.3. The second-order valence-corrected chi connectivity index (χ2v) is 13.3. The molecular formula is C44H21N3O3. The molecule has 7 aromatic carbocycles. The van der Waals surface area contributed by atoms with E-state index in [9.17, 15) is 0 Å². The van der Waals surface area contributed by atoms with Crippen molar-refractivity contribution in [3.05, 3.63) is 127 Å². The molecule has 0 unspecified atom stereocenters. The summed E-state index contributed by atoms with van der Waals surface area (Å²) in [6.45, 7) is 0. The monoisotopic (exact) mass is 639 g/mol. The molecule has 0 amide bonds. The van der Waals surface area contributed by atoms with Crippen LogP contribution in [-0.2, 0) is 0 Å². The van der Waals surface area contributed by atoms with E-state index in [1.165, 1.54) is 27.3 Å². The van der Waals surface area contributed by atoms with Crippen LogP contribution < -0.4 is 0 Å². The quantitative estimate of drug-likeness (QED) is 0.188. The van der Waals surface area contributed by atoms with Crippen LogP contribution in [-0.4, -0.2) is 14.5 Å². The third kappa shape index (κ3) is 2.93. The molecule has 13 rings (SSSR count). The molecular weight excluding hydrogens is 619 g/mol. The zero-order valence-electron chi connectivity index (χ0n) is 26.2. The van der Waals surface area contributed by atoms with Crippen LogP contribution in [0.5, 0.6) is 0 Å². The lowest BCUT2D eigenvalue weighted by Crippen LogP contribution is -2.03. The van der Waals surface area contributed by atoms with E-state index in [0.29, 0.717) is 11.5 Å². The van der Waals surface area contributed by atoms with Gasteiger partial charge < -0.3 is 13.3 Å². The summed E-state index contributed by atoms with van der Waals surface area (Å²) in [4.78, 5) is 10.7. The van der Waals surface area contributed by atoms with Crippen LogP contribution in [0.1, 0.15) is 0 Å². The van der Waals surface area contributed by atoms with Gasteiger partial charge in [0.2, 0.25) is 5.95 Å². The number of furan rings is 3. The molecule has 12 aromatic rings. The van der Waals surface area contributed by atoms with Crippen molar-refractivity contribution in [3.63, 3.8) is 0 Å². The number of rotatable bonds is 2. The molecule has 0 fully saturated rings. The van der Waals surface area contributed by atoms with Gasteiger partial charge >= 0.3 is 0 Å². The molecule has 0 bridgehead atoms. The first-order valence-electron chi connectivity index (χ1n) is 16.7. The highest BCUT2D eigenvalue weighted by Crippen LogP contribution is 2.51. The smallest absolute Gasteiger partial charge is 0.236 e. The Morgan fingerprint density at radius 3 is 2.00 bits per heavy atom. The number of hydrogen-bond acceptors (Lipinski definition) is 5. The Kier molecular flexibility index (Phi) is 4.30. The van der Waals surface area contributed by atoms with Gasteiger partial charge in [-0.3, -0.25) is 4.57 Å². The molecule has 5 heterocycles. The zero-order chi connectivity index (χ0) is 32.2. The lowest BCUT2D eigenvalue weighted by molar-refractivity contribution is 0.666. The molecule has 50 heavy (non-hydrogen) atoms. The predicted molar refractivity (Wildman–Crippen MR) is 200 cm³/mol. The van der Waals surface area contributed by atoms with Crippen LogP contribution in [0.3, 0.4) is 0 Å². The number of benzene rings is 7. The van der Waals surface area contributed by atoms with Crippen molar-refractivity contribution < 1.29 is 13.3 Å². The molecule has 0 aliphatic heterocycles. The van der Waals surface area contributed by atoms with E-state index in [4.69, 9.17) is 23.2 Å².